The fourth-order valence-corrected chi connectivity index (χ4v) is 1.55. The Kier molecular flexibility index (Phi) is 3.64. The molecule has 0 spiro atoms. The van der Waals surface area contributed by atoms with Gasteiger partial charge in [0.15, 0.2) is 0 Å². The van der Waals surface area contributed by atoms with Crippen LogP contribution >= 0.6 is 11.6 Å². The van der Waals surface area contributed by atoms with E-state index >= 15 is 0 Å². The number of ether oxygens (including phenoxy) is 1. The molecule has 0 fully saturated rings. The predicted molar refractivity (Wildman–Crippen MR) is 67.4 cm³/mol. The maximum Gasteiger partial charge on any atom is 0.341 e. The maximum atomic E-state index is 11.0. The molecule has 1 aromatic carbocycles. The Morgan fingerprint density at radius 2 is 2.05 bits per heavy atom. The molecule has 0 bridgehead atoms. The molecule has 94 valence electrons. The number of aromatic nitrogens is 1. The van der Waals surface area contributed by atoms with Crippen molar-refractivity contribution in [1.82, 2.24) is 4.98 Å². The molecule has 0 saturated carbocycles. The molecule has 0 radical (unpaired) electrons. The third-order valence-electron chi connectivity index (χ3n) is 2.27. The first-order valence-electron chi connectivity index (χ1n) is 5.18. The van der Waals surface area contributed by atoms with Crippen LogP contribution in [0.3, 0.4) is 0 Å². The molecule has 1 N–H and O–H groups in total. The van der Waals surface area contributed by atoms with Gasteiger partial charge < -0.3 is 9.84 Å². The van der Waals surface area contributed by atoms with Crippen molar-refractivity contribution in [3.8, 4) is 17.7 Å². The summed E-state index contributed by atoms with van der Waals surface area (Å²) in [7, 11) is 0. The zero-order valence-corrected chi connectivity index (χ0v) is 10.3. The minimum atomic E-state index is -1.19. The maximum absolute atomic E-state index is 11.0. The Morgan fingerprint density at radius 1 is 1.32 bits per heavy atom. The molecule has 2 rings (SSSR count). The van der Waals surface area contributed by atoms with Gasteiger partial charge in [0.2, 0.25) is 5.88 Å². The van der Waals surface area contributed by atoms with Crippen LogP contribution < -0.4 is 4.74 Å². The van der Waals surface area contributed by atoms with E-state index in [1.807, 2.05) is 6.07 Å². The number of carboxylic acids is 1. The van der Waals surface area contributed by atoms with Gasteiger partial charge in [-0.1, -0.05) is 23.7 Å². The highest BCUT2D eigenvalue weighted by atomic mass is 35.5. The molecule has 0 aliphatic carbocycles. The standard InChI is InChI=1S/C13H7ClN2O3/c14-11-6-5-9(13(17)18)12(16-11)19-10-4-2-1-3-8(10)7-15/h1-6H,(H,17,18). The van der Waals surface area contributed by atoms with Crippen molar-refractivity contribution >= 4 is 17.6 Å². The first-order valence-corrected chi connectivity index (χ1v) is 5.56. The van der Waals surface area contributed by atoms with Crippen LogP contribution in [0.1, 0.15) is 15.9 Å². The summed E-state index contributed by atoms with van der Waals surface area (Å²) in [5.41, 5.74) is 0.151. The number of carbonyl (C=O) groups is 1. The lowest BCUT2D eigenvalue weighted by atomic mass is 10.2. The highest BCUT2D eigenvalue weighted by molar-refractivity contribution is 6.29. The van der Waals surface area contributed by atoms with Crippen molar-refractivity contribution in [2.75, 3.05) is 0 Å². The van der Waals surface area contributed by atoms with Crippen LogP contribution in [0, 0.1) is 11.3 Å². The van der Waals surface area contributed by atoms with E-state index in [4.69, 9.17) is 26.7 Å². The quantitative estimate of drug-likeness (QED) is 0.870. The first kappa shape index (κ1) is 12.9. The van der Waals surface area contributed by atoms with Crippen molar-refractivity contribution < 1.29 is 14.6 Å². The second kappa shape index (κ2) is 5.38. The third-order valence-corrected chi connectivity index (χ3v) is 2.48. The molecule has 2 aromatic rings. The van der Waals surface area contributed by atoms with Crippen LogP contribution in [0.4, 0.5) is 0 Å². The normalized spacial score (nSPS) is 9.68. The Labute approximate surface area is 113 Å². The molecule has 19 heavy (non-hydrogen) atoms. The lowest BCUT2D eigenvalue weighted by Gasteiger charge is -2.08. The van der Waals surface area contributed by atoms with Gasteiger partial charge in [-0.3, -0.25) is 0 Å². The van der Waals surface area contributed by atoms with Crippen molar-refractivity contribution in [2.45, 2.75) is 0 Å². The molecule has 6 heteroatoms. The smallest absolute Gasteiger partial charge is 0.341 e. The van der Waals surface area contributed by atoms with Gasteiger partial charge in [0.1, 0.15) is 22.5 Å². The molecular formula is C13H7ClN2O3. The van der Waals surface area contributed by atoms with Gasteiger partial charge in [0, 0.05) is 0 Å². The van der Waals surface area contributed by atoms with E-state index in [1.165, 1.54) is 12.1 Å². The lowest BCUT2D eigenvalue weighted by molar-refractivity contribution is 0.0693. The predicted octanol–water partition coefficient (Wildman–Crippen LogP) is 3.10. The van der Waals surface area contributed by atoms with E-state index in [0.29, 0.717) is 0 Å². The van der Waals surface area contributed by atoms with Gasteiger partial charge in [-0.25, -0.2) is 9.78 Å². The minimum Gasteiger partial charge on any atom is -0.477 e. The molecule has 0 atom stereocenters. The third kappa shape index (κ3) is 2.81. The fraction of sp³-hybridized carbons (Fsp3) is 0. The van der Waals surface area contributed by atoms with Crippen molar-refractivity contribution in [3.63, 3.8) is 0 Å². The van der Waals surface area contributed by atoms with Gasteiger partial charge in [-0.2, -0.15) is 5.26 Å². The zero-order chi connectivity index (χ0) is 13.8. The molecule has 0 unspecified atom stereocenters. The van der Waals surface area contributed by atoms with Crippen LogP contribution in [-0.4, -0.2) is 16.1 Å². The van der Waals surface area contributed by atoms with Crippen LogP contribution in [0.15, 0.2) is 36.4 Å². The summed E-state index contributed by atoms with van der Waals surface area (Å²) in [4.78, 5) is 14.9. The van der Waals surface area contributed by atoms with Gasteiger partial charge in [0.25, 0.3) is 0 Å². The molecule has 1 heterocycles. The molecule has 1 aromatic heterocycles. The molecule has 0 amide bonds. The topological polar surface area (TPSA) is 83.2 Å². The number of pyridine rings is 1. The minimum absolute atomic E-state index is 0.106. The highest BCUT2D eigenvalue weighted by Gasteiger charge is 2.15. The number of hydrogen-bond donors (Lipinski definition) is 1. The van der Waals surface area contributed by atoms with E-state index in [1.54, 1.807) is 24.3 Å². The Bertz CT molecular complexity index is 680. The molecule has 5 nitrogen and oxygen atoms in total. The summed E-state index contributed by atoms with van der Waals surface area (Å²) >= 11 is 5.71. The molecule has 0 saturated heterocycles. The summed E-state index contributed by atoms with van der Waals surface area (Å²) in [6.45, 7) is 0. The van der Waals surface area contributed by atoms with Gasteiger partial charge >= 0.3 is 5.97 Å². The van der Waals surface area contributed by atoms with E-state index in [2.05, 4.69) is 4.98 Å². The number of nitrogens with zero attached hydrogens (tertiary/aromatic N) is 2. The molecular weight excluding hydrogens is 268 g/mol. The number of aromatic carboxylic acids is 1. The number of hydrogen-bond acceptors (Lipinski definition) is 4. The Hall–Kier alpha value is -2.58. The number of para-hydroxylation sites is 1. The van der Waals surface area contributed by atoms with E-state index in [0.717, 1.165) is 0 Å². The van der Waals surface area contributed by atoms with Crippen LogP contribution in [0.5, 0.6) is 11.6 Å². The second-order valence-corrected chi connectivity index (χ2v) is 3.89. The van der Waals surface area contributed by atoms with Gasteiger partial charge in [0.05, 0.1) is 5.56 Å². The average molecular weight is 275 g/mol. The van der Waals surface area contributed by atoms with Crippen molar-refractivity contribution in [2.24, 2.45) is 0 Å². The monoisotopic (exact) mass is 274 g/mol. The van der Waals surface area contributed by atoms with E-state index < -0.39 is 5.97 Å². The van der Waals surface area contributed by atoms with Crippen LogP contribution in [0.2, 0.25) is 5.15 Å². The number of nitriles is 1. The Morgan fingerprint density at radius 3 is 2.74 bits per heavy atom. The lowest BCUT2D eigenvalue weighted by Crippen LogP contribution is -2.02. The average Bonchev–Trinajstić information content (AvgIpc) is 2.39. The van der Waals surface area contributed by atoms with Crippen LogP contribution in [0.25, 0.3) is 0 Å². The van der Waals surface area contributed by atoms with Gasteiger partial charge in [-0.05, 0) is 24.3 Å². The largest absolute Gasteiger partial charge is 0.477 e. The first-order chi connectivity index (χ1) is 9.11. The molecule has 0 aliphatic heterocycles. The fourth-order valence-electron chi connectivity index (χ4n) is 1.41. The summed E-state index contributed by atoms with van der Waals surface area (Å²) in [6, 6.07) is 11.0. The number of halogens is 1. The SMILES string of the molecule is N#Cc1ccccc1Oc1nc(Cl)ccc1C(=O)O. The van der Waals surface area contributed by atoms with E-state index in [-0.39, 0.29) is 27.9 Å². The van der Waals surface area contributed by atoms with Crippen molar-refractivity contribution in [3.05, 3.63) is 52.7 Å². The number of rotatable bonds is 3. The number of benzene rings is 1. The summed E-state index contributed by atoms with van der Waals surface area (Å²) in [5.74, 6) is -1.11. The number of carboxylic acid groups (broad SMARTS) is 1. The van der Waals surface area contributed by atoms with Gasteiger partial charge in [-0.15, -0.1) is 0 Å². The summed E-state index contributed by atoms with van der Waals surface area (Å²) < 4.78 is 5.37. The van der Waals surface area contributed by atoms with Crippen molar-refractivity contribution in [1.29, 1.82) is 5.26 Å². The second-order valence-electron chi connectivity index (χ2n) is 3.50. The molecule has 0 aliphatic rings. The zero-order valence-electron chi connectivity index (χ0n) is 9.50. The summed E-state index contributed by atoms with van der Waals surface area (Å²) in [5, 5.41) is 18.1. The van der Waals surface area contributed by atoms with E-state index in [9.17, 15) is 4.79 Å². The highest BCUT2D eigenvalue weighted by Crippen LogP contribution is 2.27. The Balaban J connectivity index is 2.46. The summed E-state index contributed by atoms with van der Waals surface area (Å²) in [6.07, 6.45) is 0. The van der Waals surface area contributed by atoms with Crippen LogP contribution in [-0.2, 0) is 0 Å².